The topological polar surface area (TPSA) is 85.3 Å². The first-order chi connectivity index (χ1) is 15.3. The number of fused-ring (bicyclic) bond motifs is 1. The fraction of sp³-hybridized carbons (Fsp3) is 0.250. The minimum atomic E-state index is -3.93. The highest BCUT2D eigenvalue weighted by Crippen LogP contribution is 2.54. The lowest BCUT2D eigenvalue weighted by atomic mass is 9.92. The first-order valence-corrected chi connectivity index (χ1v) is 11.5. The molecule has 0 radical (unpaired) electrons. The molecule has 0 fully saturated rings. The number of phenols is 1. The number of nitrogens with zero attached hydrogens (tertiary/aromatic N) is 1. The molecule has 0 saturated heterocycles. The first-order valence-electron chi connectivity index (χ1n) is 10.1. The van der Waals surface area contributed by atoms with Crippen molar-refractivity contribution in [3.05, 3.63) is 71.8 Å². The van der Waals surface area contributed by atoms with Crippen LogP contribution in [-0.2, 0) is 10.0 Å². The van der Waals surface area contributed by atoms with Crippen molar-refractivity contribution in [1.82, 2.24) is 0 Å². The number of anilines is 1. The van der Waals surface area contributed by atoms with Gasteiger partial charge in [-0.2, -0.15) is 0 Å². The van der Waals surface area contributed by atoms with Crippen LogP contribution in [-0.4, -0.2) is 34.9 Å². The average molecular weight is 456 g/mol. The van der Waals surface area contributed by atoms with Crippen LogP contribution in [0.3, 0.4) is 0 Å². The normalized spacial score (nSPS) is 17.7. The van der Waals surface area contributed by atoms with Gasteiger partial charge in [-0.3, -0.25) is 4.31 Å². The van der Waals surface area contributed by atoms with Crippen molar-refractivity contribution in [2.75, 3.05) is 25.6 Å². The fourth-order valence-electron chi connectivity index (χ4n) is 4.26. The molecular weight excluding hydrogens is 430 g/mol. The minimum Gasteiger partial charge on any atom is -0.504 e. The van der Waals surface area contributed by atoms with Gasteiger partial charge in [0, 0.05) is 12.0 Å². The quantitative estimate of drug-likeness (QED) is 0.590. The molecule has 1 aliphatic heterocycles. The summed E-state index contributed by atoms with van der Waals surface area (Å²) in [5, 5.41) is 10.4. The monoisotopic (exact) mass is 455 g/mol. The Morgan fingerprint density at radius 3 is 2.12 bits per heavy atom. The molecule has 8 heteroatoms. The zero-order valence-corrected chi connectivity index (χ0v) is 19.1. The molecule has 0 bridgehead atoms. The fourth-order valence-corrected chi connectivity index (χ4v) is 6.01. The van der Waals surface area contributed by atoms with E-state index in [9.17, 15) is 13.5 Å². The van der Waals surface area contributed by atoms with Gasteiger partial charge in [0.25, 0.3) is 10.0 Å². The molecule has 0 aromatic heterocycles. The third-order valence-electron chi connectivity index (χ3n) is 5.83. The lowest BCUT2D eigenvalue weighted by Gasteiger charge is -2.29. The van der Waals surface area contributed by atoms with Crippen LogP contribution >= 0.6 is 0 Å². The number of sulfonamides is 1. The van der Waals surface area contributed by atoms with Gasteiger partial charge in [0.2, 0.25) is 0 Å². The largest absolute Gasteiger partial charge is 0.504 e. The van der Waals surface area contributed by atoms with Crippen molar-refractivity contribution in [2.24, 2.45) is 0 Å². The van der Waals surface area contributed by atoms with Gasteiger partial charge in [-0.05, 0) is 41.5 Å². The summed E-state index contributed by atoms with van der Waals surface area (Å²) in [7, 11) is 0.587. The molecular formula is C24H25NO6S. The Kier molecular flexibility index (Phi) is 5.64. The van der Waals surface area contributed by atoms with Gasteiger partial charge in [0.1, 0.15) is 0 Å². The highest BCUT2D eigenvalue weighted by atomic mass is 32.2. The van der Waals surface area contributed by atoms with Crippen LogP contribution in [0.2, 0.25) is 0 Å². The van der Waals surface area contributed by atoms with Crippen LogP contribution < -0.4 is 18.5 Å². The molecule has 7 nitrogen and oxygen atoms in total. The van der Waals surface area contributed by atoms with Crippen molar-refractivity contribution >= 4 is 15.7 Å². The van der Waals surface area contributed by atoms with E-state index in [2.05, 4.69) is 0 Å². The summed E-state index contributed by atoms with van der Waals surface area (Å²) in [4.78, 5) is 0.178. The first kappa shape index (κ1) is 21.8. The maximum absolute atomic E-state index is 13.9. The van der Waals surface area contributed by atoms with E-state index in [1.807, 2.05) is 13.0 Å². The highest BCUT2D eigenvalue weighted by molar-refractivity contribution is 7.92. The standard InChI is InChI=1S/C24H25NO6S/c1-15-18-13-20(26)22(30-3)14-19(18)25(32(27,28)17-8-6-5-7-9-17)24(15)16-10-11-21(29-2)23(12-16)31-4/h5-15,24,26H,1-4H3. The Bertz CT molecular complexity index is 1240. The lowest BCUT2D eigenvalue weighted by molar-refractivity contribution is 0.354. The Morgan fingerprint density at radius 2 is 1.50 bits per heavy atom. The molecule has 3 aromatic carbocycles. The third kappa shape index (κ3) is 3.40. The molecule has 168 valence electrons. The number of hydrogen-bond acceptors (Lipinski definition) is 6. The van der Waals surface area contributed by atoms with Crippen LogP contribution in [0.25, 0.3) is 0 Å². The molecule has 3 aromatic rings. The summed E-state index contributed by atoms with van der Waals surface area (Å²) in [6.45, 7) is 1.94. The zero-order valence-electron chi connectivity index (χ0n) is 18.3. The number of rotatable bonds is 6. The second-order valence-corrected chi connectivity index (χ2v) is 9.36. The molecule has 0 aliphatic carbocycles. The minimum absolute atomic E-state index is 0.0388. The van der Waals surface area contributed by atoms with E-state index in [0.717, 1.165) is 5.56 Å². The number of phenolic OH excluding ortho intramolecular Hbond substituents is 1. The van der Waals surface area contributed by atoms with Crippen molar-refractivity contribution in [1.29, 1.82) is 0 Å². The smallest absolute Gasteiger partial charge is 0.264 e. The van der Waals surface area contributed by atoms with Crippen molar-refractivity contribution in [2.45, 2.75) is 23.8 Å². The Morgan fingerprint density at radius 1 is 0.844 bits per heavy atom. The van der Waals surface area contributed by atoms with E-state index < -0.39 is 16.1 Å². The Labute approximate surface area is 187 Å². The maximum Gasteiger partial charge on any atom is 0.264 e. The summed E-state index contributed by atoms with van der Waals surface area (Å²) in [6.07, 6.45) is 0. The predicted molar refractivity (Wildman–Crippen MR) is 121 cm³/mol. The van der Waals surface area contributed by atoms with E-state index in [1.54, 1.807) is 61.7 Å². The summed E-state index contributed by atoms with van der Waals surface area (Å²) >= 11 is 0. The Balaban J connectivity index is 1.96. The van der Waals surface area contributed by atoms with Gasteiger partial charge in [-0.15, -0.1) is 0 Å². The molecule has 4 rings (SSSR count). The summed E-state index contributed by atoms with van der Waals surface area (Å²) < 4.78 is 45.2. The molecule has 0 saturated carbocycles. The molecule has 0 spiro atoms. The summed E-state index contributed by atoms with van der Waals surface area (Å²) in [6, 6.07) is 16.3. The number of benzene rings is 3. The van der Waals surface area contributed by atoms with Crippen molar-refractivity contribution < 1.29 is 27.7 Å². The lowest BCUT2D eigenvalue weighted by Crippen LogP contribution is -2.33. The molecule has 32 heavy (non-hydrogen) atoms. The molecule has 1 heterocycles. The molecule has 1 aliphatic rings. The van der Waals surface area contributed by atoms with Gasteiger partial charge in [0.15, 0.2) is 23.0 Å². The number of methoxy groups -OCH3 is 3. The van der Waals surface area contributed by atoms with Crippen LogP contribution in [0.1, 0.15) is 30.0 Å². The average Bonchev–Trinajstić information content (AvgIpc) is 3.10. The van der Waals surface area contributed by atoms with Gasteiger partial charge in [-0.1, -0.05) is 31.2 Å². The van der Waals surface area contributed by atoms with Crippen LogP contribution in [0, 0.1) is 0 Å². The van der Waals surface area contributed by atoms with Crippen molar-refractivity contribution in [3.8, 4) is 23.0 Å². The summed E-state index contributed by atoms with van der Waals surface area (Å²) in [5.74, 6) is 0.973. The van der Waals surface area contributed by atoms with E-state index in [1.165, 1.54) is 18.5 Å². The summed E-state index contributed by atoms with van der Waals surface area (Å²) in [5.41, 5.74) is 1.92. The van der Waals surface area contributed by atoms with E-state index in [0.29, 0.717) is 22.7 Å². The second-order valence-electron chi connectivity index (χ2n) is 7.54. The predicted octanol–water partition coefficient (Wildman–Crippen LogP) is 4.47. The van der Waals surface area contributed by atoms with E-state index >= 15 is 0 Å². The van der Waals surface area contributed by atoms with Gasteiger partial charge >= 0.3 is 0 Å². The van der Waals surface area contributed by atoms with Crippen LogP contribution in [0.15, 0.2) is 65.6 Å². The van der Waals surface area contributed by atoms with Gasteiger partial charge < -0.3 is 19.3 Å². The van der Waals surface area contributed by atoms with Gasteiger partial charge in [-0.25, -0.2) is 8.42 Å². The highest BCUT2D eigenvalue weighted by Gasteiger charge is 2.44. The molecule has 1 N–H and O–H groups in total. The van der Waals surface area contributed by atoms with Gasteiger partial charge in [0.05, 0.1) is 38.0 Å². The number of aromatic hydroxyl groups is 1. The molecule has 2 atom stereocenters. The molecule has 0 amide bonds. The van der Waals surface area contributed by atoms with Crippen LogP contribution in [0.5, 0.6) is 23.0 Å². The van der Waals surface area contributed by atoms with Crippen LogP contribution in [0.4, 0.5) is 5.69 Å². The number of ether oxygens (including phenoxy) is 3. The SMILES string of the molecule is COc1cc2c(cc1O)C(C)C(c1ccc(OC)c(OC)c1)N2S(=O)(=O)c1ccccc1. The maximum atomic E-state index is 13.9. The Hall–Kier alpha value is -3.39. The van der Waals surface area contributed by atoms with E-state index in [4.69, 9.17) is 14.2 Å². The number of hydrogen-bond donors (Lipinski definition) is 1. The molecule has 2 unspecified atom stereocenters. The third-order valence-corrected chi connectivity index (χ3v) is 7.64. The van der Waals surface area contributed by atoms with Crippen molar-refractivity contribution in [3.63, 3.8) is 0 Å². The second kappa shape index (κ2) is 8.27. The van der Waals surface area contributed by atoms with E-state index in [-0.39, 0.29) is 22.3 Å². The zero-order chi connectivity index (χ0) is 23.0.